The summed E-state index contributed by atoms with van der Waals surface area (Å²) >= 11 is 0. The Kier molecular flexibility index (Phi) is 7.98. The Hall–Kier alpha value is -2.61. The second-order valence-corrected chi connectivity index (χ2v) is 8.66. The number of nitrogens with one attached hydrogen (secondary N) is 2. The number of nitrogens with zero attached hydrogens (tertiary/aromatic N) is 5. The molecule has 32 heavy (non-hydrogen) atoms. The molecule has 2 N–H and O–H groups in total. The van der Waals surface area contributed by atoms with Gasteiger partial charge in [0.15, 0.2) is 5.96 Å². The lowest BCUT2D eigenvalue weighted by atomic mass is 10.1. The van der Waals surface area contributed by atoms with E-state index < -0.39 is 0 Å². The van der Waals surface area contributed by atoms with Gasteiger partial charge in [0.1, 0.15) is 17.4 Å². The minimum absolute atomic E-state index is 0.290. The highest BCUT2D eigenvalue weighted by Crippen LogP contribution is 2.27. The molecular weight excluding hydrogens is 402 g/mol. The molecule has 1 fully saturated rings. The van der Waals surface area contributed by atoms with Gasteiger partial charge < -0.3 is 19.9 Å². The Bertz CT molecular complexity index is 888. The fraction of sp³-hybridized carbons (Fsp3) is 0.625. The molecule has 1 atom stereocenters. The minimum Gasteiger partial charge on any atom is -0.497 e. The molecule has 2 aromatic rings. The summed E-state index contributed by atoms with van der Waals surface area (Å²) < 4.78 is 7.78. The lowest BCUT2D eigenvalue weighted by molar-refractivity contribution is 0.245. The average Bonchev–Trinajstić information content (AvgIpc) is 3.43. The average molecular weight is 440 g/mol. The normalized spacial score (nSPS) is 18.1. The van der Waals surface area contributed by atoms with Crippen LogP contribution in [0.1, 0.15) is 55.4 Å². The topological polar surface area (TPSA) is 79.6 Å². The predicted octanol–water partition coefficient (Wildman–Crippen LogP) is 2.56. The van der Waals surface area contributed by atoms with Crippen LogP contribution in [-0.4, -0.2) is 66.0 Å². The van der Waals surface area contributed by atoms with Gasteiger partial charge in [-0.3, -0.25) is 9.89 Å². The number of likely N-dealkylation sites (tertiary alicyclic amines) is 1. The number of aliphatic imine (C=N–C) groups is 1. The van der Waals surface area contributed by atoms with Crippen LogP contribution in [0.4, 0.5) is 0 Å². The SMILES string of the molecule is CN=C(NCCc1nnc2n1CCCCC2)NCC(c1cccc(OC)c1)N1CCCC1. The Labute approximate surface area is 191 Å². The third kappa shape index (κ3) is 5.59. The van der Waals surface area contributed by atoms with Crippen molar-refractivity contribution in [2.24, 2.45) is 4.99 Å². The van der Waals surface area contributed by atoms with Gasteiger partial charge in [-0.05, 0) is 56.5 Å². The number of methoxy groups -OCH3 is 1. The number of fused-ring (bicyclic) bond motifs is 1. The molecule has 1 aromatic carbocycles. The largest absolute Gasteiger partial charge is 0.497 e. The number of hydrogen-bond donors (Lipinski definition) is 2. The van der Waals surface area contributed by atoms with Crippen LogP contribution < -0.4 is 15.4 Å². The van der Waals surface area contributed by atoms with Crippen LogP contribution in [0.3, 0.4) is 0 Å². The Balaban J connectivity index is 1.33. The van der Waals surface area contributed by atoms with Crippen LogP contribution in [0, 0.1) is 0 Å². The van der Waals surface area contributed by atoms with Crippen LogP contribution in [-0.2, 0) is 19.4 Å². The maximum absolute atomic E-state index is 5.46. The number of aryl methyl sites for hydroxylation is 1. The number of aromatic nitrogens is 3. The van der Waals surface area contributed by atoms with Gasteiger partial charge in [-0.1, -0.05) is 18.6 Å². The number of ether oxygens (including phenoxy) is 1. The van der Waals surface area contributed by atoms with E-state index in [1.54, 1.807) is 7.11 Å². The highest BCUT2D eigenvalue weighted by atomic mass is 16.5. The number of rotatable bonds is 8. The summed E-state index contributed by atoms with van der Waals surface area (Å²) in [7, 11) is 3.55. The van der Waals surface area contributed by atoms with E-state index in [0.717, 1.165) is 68.9 Å². The maximum Gasteiger partial charge on any atom is 0.191 e. The number of benzene rings is 1. The third-order valence-corrected chi connectivity index (χ3v) is 6.57. The van der Waals surface area contributed by atoms with Crippen LogP contribution >= 0.6 is 0 Å². The van der Waals surface area contributed by atoms with Gasteiger partial charge in [-0.25, -0.2) is 0 Å². The standard InChI is InChI=1S/C24H37N7O/c1-25-24(26-13-12-23-29-28-22-11-4-3-5-16-31(22)23)27-18-21(30-14-6-7-15-30)19-9-8-10-20(17-19)32-2/h8-10,17,21H,3-7,11-16,18H2,1-2H3,(H2,25,26,27). The zero-order chi connectivity index (χ0) is 22.2. The van der Waals surface area contributed by atoms with Crippen molar-refractivity contribution in [1.29, 1.82) is 0 Å². The van der Waals surface area contributed by atoms with Gasteiger partial charge in [0.05, 0.1) is 13.2 Å². The van der Waals surface area contributed by atoms with E-state index >= 15 is 0 Å². The molecule has 0 saturated carbocycles. The summed E-state index contributed by atoms with van der Waals surface area (Å²) in [4.78, 5) is 7.00. The molecule has 2 aliphatic rings. The van der Waals surface area contributed by atoms with E-state index in [9.17, 15) is 0 Å². The van der Waals surface area contributed by atoms with Crippen LogP contribution in [0.2, 0.25) is 0 Å². The molecule has 0 spiro atoms. The van der Waals surface area contributed by atoms with E-state index in [4.69, 9.17) is 4.74 Å². The summed E-state index contributed by atoms with van der Waals surface area (Å²) in [6.07, 6.45) is 8.13. The Morgan fingerprint density at radius 3 is 2.75 bits per heavy atom. The van der Waals surface area contributed by atoms with Crippen molar-refractivity contribution in [3.8, 4) is 5.75 Å². The Morgan fingerprint density at radius 2 is 1.94 bits per heavy atom. The fourth-order valence-corrected chi connectivity index (χ4v) is 4.80. The van der Waals surface area contributed by atoms with E-state index in [1.807, 2.05) is 13.1 Å². The van der Waals surface area contributed by atoms with E-state index in [2.05, 4.69) is 53.5 Å². The van der Waals surface area contributed by atoms with Crippen molar-refractivity contribution in [3.05, 3.63) is 41.5 Å². The summed E-state index contributed by atoms with van der Waals surface area (Å²) in [5.74, 6) is 3.96. The van der Waals surface area contributed by atoms with Gasteiger partial charge in [0.2, 0.25) is 0 Å². The van der Waals surface area contributed by atoms with Crippen molar-refractivity contribution in [1.82, 2.24) is 30.3 Å². The molecule has 1 saturated heterocycles. The quantitative estimate of drug-likeness (QED) is 0.486. The fourth-order valence-electron chi connectivity index (χ4n) is 4.80. The van der Waals surface area contributed by atoms with Crippen LogP contribution in [0.15, 0.2) is 29.3 Å². The van der Waals surface area contributed by atoms with Gasteiger partial charge in [0.25, 0.3) is 0 Å². The molecular formula is C24H37N7O. The molecule has 8 heteroatoms. The molecule has 174 valence electrons. The first-order valence-electron chi connectivity index (χ1n) is 12.0. The maximum atomic E-state index is 5.46. The highest BCUT2D eigenvalue weighted by molar-refractivity contribution is 5.79. The van der Waals surface area contributed by atoms with Crippen molar-refractivity contribution in [3.63, 3.8) is 0 Å². The first-order valence-corrected chi connectivity index (χ1v) is 12.0. The zero-order valence-electron chi connectivity index (χ0n) is 19.5. The van der Waals surface area contributed by atoms with Crippen LogP contribution in [0.25, 0.3) is 0 Å². The first kappa shape index (κ1) is 22.6. The van der Waals surface area contributed by atoms with E-state index in [-0.39, 0.29) is 0 Å². The van der Waals surface area contributed by atoms with Crippen LogP contribution in [0.5, 0.6) is 5.75 Å². The summed E-state index contributed by atoms with van der Waals surface area (Å²) in [5, 5.41) is 15.9. The molecule has 1 aromatic heterocycles. The summed E-state index contributed by atoms with van der Waals surface area (Å²) in [6.45, 7) is 4.89. The predicted molar refractivity (Wildman–Crippen MR) is 127 cm³/mol. The van der Waals surface area contributed by atoms with E-state index in [0.29, 0.717) is 6.04 Å². The highest BCUT2D eigenvalue weighted by Gasteiger charge is 2.24. The van der Waals surface area contributed by atoms with Gasteiger partial charge in [-0.15, -0.1) is 10.2 Å². The van der Waals surface area contributed by atoms with Gasteiger partial charge in [0, 0.05) is 39.5 Å². The first-order chi connectivity index (χ1) is 15.8. The second kappa shape index (κ2) is 11.3. The lowest BCUT2D eigenvalue weighted by Crippen LogP contribution is -2.43. The van der Waals surface area contributed by atoms with Crippen molar-refractivity contribution >= 4 is 5.96 Å². The molecule has 0 radical (unpaired) electrons. The monoisotopic (exact) mass is 439 g/mol. The van der Waals surface area contributed by atoms with Gasteiger partial charge in [-0.2, -0.15) is 0 Å². The Morgan fingerprint density at radius 1 is 1.09 bits per heavy atom. The van der Waals surface area contributed by atoms with Crippen molar-refractivity contribution in [2.75, 3.05) is 40.3 Å². The molecule has 0 amide bonds. The number of guanidine groups is 1. The molecule has 0 bridgehead atoms. The molecule has 0 aliphatic carbocycles. The number of hydrogen-bond acceptors (Lipinski definition) is 5. The second-order valence-electron chi connectivity index (χ2n) is 8.66. The lowest BCUT2D eigenvalue weighted by Gasteiger charge is -2.29. The smallest absolute Gasteiger partial charge is 0.191 e. The van der Waals surface area contributed by atoms with Crippen molar-refractivity contribution < 1.29 is 4.74 Å². The molecule has 4 rings (SSSR count). The van der Waals surface area contributed by atoms with Crippen molar-refractivity contribution in [2.45, 2.75) is 57.5 Å². The summed E-state index contributed by atoms with van der Waals surface area (Å²) in [5.41, 5.74) is 1.28. The van der Waals surface area contributed by atoms with Gasteiger partial charge >= 0.3 is 0 Å². The molecule has 2 aliphatic heterocycles. The summed E-state index contributed by atoms with van der Waals surface area (Å²) in [6, 6.07) is 8.71. The van der Waals surface area contributed by atoms with E-state index in [1.165, 1.54) is 37.7 Å². The molecule has 1 unspecified atom stereocenters. The molecule has 8 nitrogen and oxygen atoms in total. The zero-order valence-corrected chi connectivity index (χ0v) is 19.5. The third-order valence-electron chi connectivity index (χ3n) is 6.57. The molecule has 3 heterocycles. The minimum atomic E-state index is 0.290.